The summed E-state index contributed by atoms with van der Waals surface area (Å²) in [5.41, 5.74) is 0.542. The molecule has 1 amide bonds. The number of esters is 1. The molecule has 160 valence electrons. The summed E-state index contributed by atoms with van der Waals surface area (Å²) in [7, 11) is 1.37. The fourth-order valence-electron chi connectivity index (χ4n) is 2.50. The maximum atomic E-state index is 13.1. The Morgan fingerprint density at radius 2 is 1.58 bits per heavy atom. The summed E-state index contributed by atoms with van der Waals surface area (Å²) < 4.78 is 41.9. The lowest BCUT2D eigenvalue weighted by molar-refractivity contribution is -0.118. The van der Waals surface area contributed by atoms with Gasteiger partial charge in [0, 0.05) is 5.69 Å². The lowest BCUT2D eigenvalue weighted by Gasteiger charge is -2.12. The highest BCUT2D eigenvalue weighted by Gasteiger charge is 2.16. The van der Waals surface area contributed by atoms with E-state index in [0.29, 0.717) is 5.69 Å². The summed E-state index contributed by atoms with van der Waals surface area (Å²) in [5, 5.41) is 2.51. The summed E-state index contributed by atoms with van der Waals surface area (Å²) >= 11 is 5.86. The predicted octanol–water partition coefficient (Wildman–Crippen LogP) is 4.86. The molecule has 0 bridgehead atoms. The number of carbonyl (C=O) groups excluding carboxylic acids is 2. The third kappa shape index (κ3) is 5.93. The Morgan fingerprint density at radius 3 is 2.26 bits per heavy atom. The first-order valence-corrected chi connectivity index (χ1v) is 9.27. The maximum absolute atomic E-state index is 13.1. The fourth-order valence-corrected chi connectivity index (χ4v) is 2.71. The van der Waals surface area contributed by atoms with Crippen molar-refractivity contribution in [1.82, 2.24) is 0 Å². The number of hydrogen-bond donors (Lipinski definition) is 1. The average Bonchev–Trinajstić information content (AvgIpc) is 2.75. The second-order valence-corrected chi connectivity index (χ2v) is 6.58. The van der Waals surface area contributed by atoms with Gasteiger partial charge in [-0.15, -0.1) is 0 Å². The van der Waals surface area contributed by atoms with Crippen molar-refractivity contribution in [3.05, 3.63) is 82.9 Å². The first-order valence-electron chi connectivity index (χ1n) is 8.89. The van der Waals surface area contributed by atoms with Gasteiger partial charge in [0.2, 0.25) is 0 Å². The third-order valence-electron chi connectivity index (χ3n) is 3.98. The Hall–Kier alpha value is -3.65. The molecule has 31 heavy (non-hydrogen) atoms. The largest absolute Gasteiger partial charge is 0.493 e. The minimum Gasteiger partial charge on any atom is -0.493 e. The Labute approximate surface area is 181 Å². The molecule has 0 fully saturated rings. The van der Waals surface area contributed by atoms with E-state index < -0.39 is 23.5 Å². The summed E-state index contributed by atoms with van der Waals surface area (Å²) in [6, 6.07) is 12.9. The number of methoxy groups -OCH3 is 1. The van der Waals surface area contributed by atoms with E-state index in [0.717, 1.165) is 12.1 Å². The van der Waals surface area contributed by atoms with Crippen LogP contribution in [0.15, 0.2) is 60.7 Å². The molecule has 0 aliphatic carbocycles. The van der Waals surface area contributed by atoms with E-state index in [1.807, 2.05) is 0 Å². The van der Waals surface area contributed by atoms with Crippen LogP contribution < -0.4 is 19.5 Å². The molecular formula is C22H16ClF2NO5. The standard InChI is InChI=1S/C22H16ClF2NO5/c1-29-20-10-13(22(28)31-18-9-5-15(25)11-17(18)23)2-8-19(20)30-12-21(27)26-16-6-3-14(24)4-7-16/h2-11H,12H2,1H3,(H,26,27). The van der Waals surface area contributed by atoms with Gasteiger partial charge in [-0.3, -0.25) is 4.79 Å². The van der Waals surface area contributed by atoms with Gasteiger partial charge in [-0.25, -0.2) is 13.6 Å². The molecule has 0 heterocycles. The highest BCUT2D eigenvalue weighted by Crippen LogP contribution is 2.30. The number of rotatable bonds is 7. The van der Waals surface area contributed by atoms with E-state index in [2.05, 4.69) is 5.32 Å². The summed E-state index contributed by atoms with van der Waals surface area (Å²) in [6.45, 7) is -0.345. The van der Waals surface area contributed by atoms with Crippen LogP contribution in [-0.4, -0.2) is 25.6 Å². The lowest BCUT2D eigenvalue weighted by atomic mass is 10.2. The van der Waals surface area contributed by atoms with Crippen molar-refractivity contribution >= 4 is 29.2 Å². The molecule has 0 aliphatic rings. The molecule has 0 radical (unpaired) electrons. The normalized spacial score (nSPS) is 10.3. The molecule has 0 spiro atoms. The van der Waals surface area contributed by atoms with Crippen LogP contribution in [-0.2, 0) is 4.79 Å². The molecule has 6 nitrogen and oxygen atoms in total. The monoisotopic (exact) mass is 447 g/mol. The molecule has 0 saturated carbocycles. The smallest absolute Gasteiger partial charge is 0.343 e. The van der Waals surface area contributed by atoms with Gasteiger partial charge in [0.25, 0.3) is 5.91 Å². The molecule has 0 unspecified atom stereocenters. The summed E-state index contributed by atoms with van der Waals surface area (Å²) in [4.78, 5) is 24.4. The highest BCUT2D eigenvalue weighted by molar-refractivity contribution is 6.32. The minimum atomic E-state index is -0.743. The fraction of sp³-hybridized carbons (Fsp3) is 0.0909. The molecule has 1 N–H and O–H groups in total. The van der Waals surface area contributed by atoms with Crippen molar-refractivity contribution in [2.24, 2.45) is 0 Å². The molecule has 0 atom stereocenters. The van der Waals surface area contributed by atoms with Gasteiger partial charge in [-0.05, 0) is 60.7 Å². The minimum absolute atomic E-state index is 0.00447. The van der Waals surface area contributed by atoms with Gasteiger partial charge in [-0.1, -0.05) is 11.6 Å². The second-order valence-electron chi connectivity index (χ2n) is 6.17. The Balaban J connectivity index is 1.64. The van der Waals surface area contributed by atoms with Crippen molar-refractivity contribution < 1.29 is 32.6 Å². The van der Waals surface area contributed by atoms with Gasteiger partial charge in [0.15, 0.2) is 18.1 Å². The maximum Gasteiger partial charge on any atom is 0.343 e. The number of anilines is 1. The molecule has 9 heteroatoms. The topological polar surface area (TPSA) is 73.9 Å². The van der Waals surface area contributed by atoms with Gasteiger partial charge in [0.05, 0.1) is 17.7 Å². The number of amides is 1. The van der Waals surface area contributed by atoms with Gasteiger partial charge < -0.3 is 19.5 Å². The third-order valence-corrected chi connectivity index (χ3v) is 4.28. The average molecular weight is 448 g/mol. The van der Waals surface area contributed by atoms with Crippen LogP contribution in [0.4, 0.5) is 14.5 Å². The van der Waals surface area contributed by atoms with Crippen molar-refractivity contribution in [3.8, 4) is 17.2 Å². The van der Waals surface area contributed by atoms with Crippen LogP contribution >= 0.6 is 11.6 Å². The molecular weight excluding hydrogens is 432 g/mol. The Kier molecular flexibility index (Phi) is 7.04. The number of hydrogen-bond acceptors (Lipinski definition) is 5. The van der Waals surface area contributed by atoms with Crippen LogP contribution in [0.1, 0.15) is 10.4 Å². The van der Waals surface area contributed by atoms with Gasteiger partial charge >= 0.3 is 5.97 Å². The molecule has 0 aliphatic heterocycles. The van der Waals surface area contributed by atoms with Crippen molar-refractivity contribution in [1.29, 1.82) is 0 Å². The Bertz CT molecular complexity index is 1110. The molecule has 3 aromatic carbocycles. The highest BCUT2D eigenvalue weighted by atomic mass is 35.5. The number of nitrogens with one attached hydrogen (secondary N) is 1. The van der Waals surface area contributed by atoms with E-state index in [4.69, 9.17) is 25.8 Å². The van der Waals surface area contributed by atoms with Crippen LogP contribution in [0, 0.1) is 11.6 Å². The van der Waals surface area contributed by atoms with E-state index >= 15 is 0 Å². The SMILES string of the molecule is COc1cc(C(=O)Oc2ccc(F)cc2Cl)ccc1OCC(=O)Nc1ccc(F)cc1. The number of halogens is 3. The molecule has 3 rings (SSSR count). The predicted molar refractivity (Wildman–Crippen MR) is 110 cm³/mol. The zero-order valence-electron chi connectivity index (χ0n) is 16.2. The van der Waals surface area contributed by atoms with Crippen molar-refractivity contribution in [2.75, 3.05) is 19.0 Å². The number of benzene rings is 3. The van der Waals surface area contributed by atoms with E-state index in [1.54, 1.807) is 0 Å². The second kappa shape index (κ2) is 9.90. The zero-order chi connectivity index (χ0) is 22.4. The summed E-state index contributed by atoms with van der Waals surface area (Å²) in [6.07, 6.45) is 0. The number of ether oxygens (including phenoxy) is 3. The zero-order valence-corrected chi connectivity index (χ0v) is 16.9. The van der Waals surface area contributed by atoms with Crippen LogP contribution in [0.25, 0.3) is 0 Å². The number of carbonyl (C=O) groups is 2. The molecule has 0 saturated heterocycles. The Morgan fingerprint density at radius 1 is 0.903 bits per heavy atom. The van der Waals surface area contributed by atoms with Crippen molar-refractivity contribution in [3.63, 3.8) is 0 Å². The van der Waals surface area contributed by atoms with Crippen LogP contribution in [0.3, 0.4) is 0 Å². The first kappa shape index (κ1) is 22.0. The lowest BCUT2D eigenvalue weighted by Crippen LogP contribution is -2.20. The van der Waals surface area contributed by atoms with Crippen molar-refractivity contribution in [2.45, 2.75) is 0 Å². The first-order chi connectivity index (χ1) is 14.9. The van der Waals surface area contributed by atoms with Crippen LogP contribution in [0.2, 0.25) is 5.02 Å². The molecule has 0 aromatic heterocycles. The van der Waals surface area contributed by atoms with Gasteiger partial charge in [-0.2, -0.15) is 0 Å². The quantitative estimate of drug-likeness (QED) is 0.413. The van der Waals surface area contributed by atoms with E-state index in [9.17, 15) is 18.4 Å². The van der Waals surface area contributed by atoms with E-state index in [-0.39, 0.29) is 34.4 Å². The van der Waals surface area contributed by atoms with Gasteiger partial charge in [0.1, 0.15) is 17.4 Å². The summed E-state index contributed by atoms with van der Waals surface area (Å²) in [5.74, 6) is -1.78. The molecule has 3 aromatic rings. The van der Waals surface area contributed by atoms with Crippen LogP contribution in [0.5, 0.6) is 17.2 Å². The van der Waals surface area contributed by atoms with E-state index in [1.165, 1.54) is 55.6 Å².